The van der Waals surface area contributed by atoms with Gasteiger partial charge in [0, 0.05) is 24.7 Å². The predicted molar refractivity (Wildman–Crippen MR) is 69.5 cm³/mol. The molecule has 6 heteroatoms. The number of benzene rings is 1. The fraction of sp³-hybridized carbons (Fsp3) is 0.385. The third-order valence-electron chi connectivity index (χ3n) is 3.22. The van der Waals surface area contributed by atoms with Crippen LogP contribution >= 0.6 is 0 Å². The molecule has 1 heterocycles. The van der Waals surface area contributed by atoms with Gasteiger partial charge in [0.05, 0.1) is 12.7 Å². The zero-order valence-corrected chi connectivity index (χ0v) is 10.6. The van der Waals surface area contributed by atoms with Gasteiger partial charge in [0.25, 0.3) is 0 Å². The zero-order valence-electron chi connectivity index (χ0n) is 10.6. The second-order valence-electron chi connectivity index (χ2n) is 4.54. The van der Waals surface area contributed by atoms with Gasteiger partial charge in [0.1, 0.15) is 5.75 Å². The van der Waals surface area contributed by atoms with Gasteiger partial charge in [-0.2, -0.15) is 0 Å². The molecule has 1 fully saturated rings. The van der Waals surface area contributed by atoms with Crippen LogP contribution in [0.4, 0.5) is 5.69 Å². The van der Waals surface area contributed by atoms with Crippen LogP contribution in [0.15, 0.2) is 18.2 Å². The van der Waals surface area contributed by atoms with Crippen LogP contribution in [0.25, 0.3) is 0 Å². The molecule has 1 aliphatic rings. The van der Waals surface area contributed by atoms with Crippen LogP contribution in [0, 0.1) is 5.92 Å². The third-order valence-corrected chi connectivity index (χ3v) is 3.22. The van der Waals surface area contributed by atoms with E-state index in [1.165, 1.54) is 19.2 Å². The number of anilines is 1. The zero-order chi connectivity index (χ0) is 14.0. The lowest BCUT2D eigenvalue weighted by molar-refractivity contribution is -0.117. The van der Waals surface area contributed by atoms with Crippen LogP contribution < -0.4 is 15.4 Å². The monoisotopic (exact) mass is 264 g/mol. The lowest BCUT2D eigenvalue weighted by Crippen LogP contribution is -2.26. The Morgan fingerprint density at radius 2 is 2.26 bits per heavy atom. The SMILES string of the molecule is COc1cc(C(=O)O)cc(N2CC(CN)CC2=O)c1. The Hall–Kier alpha value is -2.08. The van der Waals surface area contributed by atoms with Crippen LogP contribution in [0.3, 0.4) is 0 Å². The summed E-state index contributed by atoms with van der Waals surface area (Å²) >= 11 is 0. The fourth-order valence-electron chi connectivity index (χ4n) is 2.17. The number of carboxylic acids is 1. The largest absolute Gasteiger partial charge is 0.497 e. The van der Waals surface area contributed by atoms with Gasteiger partial charge in [-0.1, -0.05) is 0 Å². The number of rotatable bonds is 4. The molecule has 1 saturated heterocycles. The molecule has 102 valence electrons. The smallest absolute Gasteiger partial charge is 0.335 e. The number of amides is 1. The lowest BCUT2D eigenvalue weighted by atomic mass is 10.1. The van der Waals surface area contributed by atoms with Crippen LogP contribution in [0.2, 0.25) is 0 Å². The van der Waals surface area contributed by atoms with Crippen molar-refractivity contribution in [3.05, 3.63) is 23.8 Å². The summed E-state index contributed by atoms with van der Waals surface area (Å²) in [4.78, 5) is 24.5. The maximum atomic E-state index is 11.9. The van der Waals surface area contributed by atoms with E-state index in [1.807, 2.05) is 0 Å². The highest BCUT2D eigenvalue weighted by Gasteiger charge is 2.30. The molecular weight excluding hydrogens is 248 g/mol. The molecule has 1 atom stereocenters. The molecule has 0 spiro atoms. The van der Waals surface area contributed by atoms with Crippen molar-refractivity contribution < 1.29 is 19.4 Å². The molecule has 0 aliphatic carbocycles. The normalized spacial score (nSPS) is 18.7. The van der Waals surface area contributed by atoms with Crippen LogP contribution in [0.5, 0.6) is 5.75 Å². The summed E-state index contributed by atoms with van der Waals surface area (Å²) in [5, 5.41) is 9.06. The second kappa shape index (κ2) is 5.27. The summed E-state index contributed by atoms with van der Waals surface area (Å²) < 4.78 is 5.07. The molecule has 3 N–H and O–H groups in total. The minimum atomic E-state index is -1.05. The van der Waals surface area contributed by atoms with Gasteiger partial charge in [-0.25, -0.2) is 4.79 Å². The maximum absolute atomic E-state index is 11.9. The summed E-state index contributed by atoms with van der Waals surface area (Å²) in [6.45, 7) is 0.958. The quantitative estimate of drug-likeness (QED) is 0.835. The number of carbonyl (C=O) groups excluding carboxylic acids is 1. The van der Waals surface area contributed by atoms with Crippen LogP contribution in [-0.2, 0) is 4.79 Å². The fourth-order valence-corrected chi connectivity index (χ4v) is 2.17. The average molecular weight is 264 g/mol. The van der Waals surface area contributed by atoms with E-state index >= 15 is 0 Å². The van der Waals surface area contributed by atoms with Crippen molar-refractivity contribution in [2.75, 3.05) is 25.1 Å². The molecule has 1 aliphatic heterocycles. The summed E-state index contributed by atoms with van der Waals surface area (Å²) in [6, 6.07) is 4.55. The highest BCUT2D eigenvalue weighted by Crippen LogP contribution is 2.29. The molecule has 1 amide bonds. The molecule has 1 aromatic rings. The Kier molecular flexibility index (Phi) is 3.71. The van der Waals surface area contributed by atoms with Gasteiger partial charge in [-0.3, -0.25) is 4.79 Å². The molecular formula is C13H16N2O4. The molecule has 0 bridgehead atoms. The molecule has 1 aromatic carbocycles. The molecule has 0 aromatic heterocycles. The van der Waals surface area contributed by atoms with Gasteiger partial charge in [0.15, 0.2) is 0 Å². The van der Waals surface area contributed by atoms with E-state index in [4.69, 9.17) is 15.6 Å². The summed E-state index contributed by atoms with van der Waals surface area (Å²) in [5.41, 5.74) is 6.21. The molecule has 0 saturated carbocycles. The van der Waals surface area contributed by atoms with Crippen molar-refractivity contribution in [1.82, 2.24) is 0 Å². The summed E-state index contributed by atoms with van der Waals surface area (Å²) in [5.74, 6) is -0.562. The molecule has 1 unspecified atom stereocenters. The molecule has 6 nitrogen and oxygen atoms in total. The Labute approximate surface area is 110 Å². The third kappa shape index (κ3) is 2.68. The number of hydrogen-bond acceptors (Lipinski definition) is 4. The molecule has 2 rings (SSSR count). The minimum Gasteiger partial charge on any atom is -0.497 e. The van der Waals surface area contributed by atoms with Crippen molar-refractivity contribution in [2.24, 2.45) is 11.7 Å². The van der Waals surface area contributed by atoms with Crippen molar-refractivity contribution in [1.29, 1.82) is 0 Å². The number of aromatic carboxylic acids is 1. The van der Waals surface area contributed by atoms with Gasteiger partial charge in [-0.15, -0.1) is 0 Å². The van der Waals surface area contributed by atoms with Gasteiger partial charge < -0.3 is 20.5 Å². The van der Waals surface area contributed by atoms with Crippen molar-refractivity contribution in [3.63, 3.8) is 0 Å². The van der Waals surface area contributed by atoms with E-state index in [-0.39, 0.29) is 17.4 Å². The second-order valence-corrected chi connectivity index (χ2v) is 4.54. The Morgan fingerprint density at radius 1 is 1.53 bits per heavy atom. The molecule has 0 radical (unpaired) electrons. The van der Waals surface area contributed by atoms with E-state index in [0.29, 0.717) is 30.9 Å². The van der Waals surface area contributed by atoms with Crippen molar-refractivity contribution in [2.45, 2.75) is 6.42 Å². The standard InChI is InChI=1S/C13H16N2O4/c1-19-11-4-9(13(17)18)3-10(5-11)15-7-8(6-14)2-12(15)16/h3-5,8H,2,6-7,14H2,1H3,(H,17,18). The van der Waals surface area contributed by atoms with E-state index in [1.54, 1.807) is 11.0 Å². The number of hydrogen-bond donors (Lipinski definition) is 2. The Bertz CT molecular complexity index is 515. The first kappa shape index (κ1) is 13.4. The summed E-state index contributed by atoms with van der Waals surface area (Å²) in [7, 11) is 1.46. The van der Waals surface area contributed by atoms with Gasteiger partial charge >= 0.3 is 5.97 Å². The highest BCUT2D eigenvalue weighted by atomic mass is 16.5. The summed E-state index contributed by atoms with van der Waals surface area (Å²) in [6.07, 6.45) is 0.399. The Balaban J connectivity index is 2.36. The number of nitrogens with two attached hydrogens (primary N) is 1. The van der Waals surface area contributed by atoms with E-state index in [0.717, 1.165) is 0 Å². The van der Waals surface area contributed by atoms with Crippen molar-refractivity contribution >= 4 is 17.6 Å². The lowest BCUT2D eigenvalue weighted by Gasteiger charge is -2.18. The Morgan fingerprint density at radius 3 is 2.79 bits per heavy atom. The average Bonchev–Trinajstić information content (AvgIpc) is 2.79. The van der Waals surface area contributed by atoms with Gasteiger partial charge in [0.2, 0.25) is 5.91 Å². The van der Waals surface area contributed by atoms with E-state index in [9.17, 15) is 9.59 Å². The predicted octanol–water partition coefficient (Wildman–Crippen LogP) is 0.705. The molecule has 19 heavy (non-hydrogen) atoms. The first-order valence-electron chi connectivity index (χ1n) is 5.98. The maximum Gasteiger partial charge on any atom is 0.335 e. The first-order chi connectivity index (χ1) is 9.05. The minimum absolute atomic E-state index is 0.0416. The first-order valence-corrected chi connectivity index (χ1v) is 5.98. The van der Waals surface area contributed by atoms with E-state index in [2.05, 4.69) is 0 Å². The number of nitrogens with zero attached hydrogens (tertiary/aromatic N) is 1. The number of carbonyl (C=O) groups is 2. The van der Waals surface area contributed by atoms with Crippen LogP contribution in [0.1, 0.15) is 16.8 Å². The number of methoxy groups -OCH3 is 1. The number of carboxylic acid groups (broad SMARTS) is 1. The van der Waals surface area contributed by atoms with Crippen LogP contribution in [-0.4, -0.2) is 37.2 Å². The topological polar surface area (TPSA) is 92.9 Å². The van der Waals surface area contributed by atoms with Crippen molar-refractivity contribution in [3.8, 4) is 5.75 Å². The highest BCUT2D eigenvalue weighted by molar-refractivity contribution is 5.98. The van der Waals surface area contributed by atoms with Gasteiger partial charge in [-0.05, 0) is 24.6 Å². The number of ether oxygens (including phenoxy) is 1. The van der Waals surface area contributed by atoms with E-state index < -0.39 is 5.97 Å².